The van der Waals surface area contributed by atoms with Crippen molar-refractivity contribution < 1.29 is 4.79 Å². The number of nitrogens with zero attached hydrogens (tertiary/aromatic N) is 2. The van der Waals surface area contributed by atoms with Crippen molar-refractivity contribution in [3.05, 3.63) is 82.8 Å². The van der Waals surface area contributed by atoms with Gasteiger partial charge in [0, 0.05) is 29.7 Å². The maximum absolute atomic E-state index is 12.4. The minimum atomic E-state index is -0.0375. The first-order valence-corrected chi connectivity index (χ1v) is 10.4. The summed E-state index contributed by atoms with van der Waals surface area (Å²) in [7, 11) is 0. The van der Waals surface area contributed by atoms with Crippen LogP contribution in [0.2, 0.25) is 0 Å². The molecule has 0 spiro atoms. The maximum atomic E-state index is 12.4. The summed E-state index contributed by atoms with van der Waals surface area (Å²) in [5, 5.41) is 9.05. The Morgan fingerprint density at radius 2 is 1.96 bits per heavy atom. The molecule has 3 heterocycles. The Kier molecular flexibility index (Phi) is 5.64. The van der Waals surface area contributed by atoms with E-state index in [1.165, 1.54) is 4.88 Å². The maximum Gasteiger partial charge on any atom is 0.226 e. The summed E-state index contributed by atoms with van der Waals surface area (Å²) in [5.41, 5.74) is 1.75. The van der Waals surface area contributed by atoms with Crippen molar-refractivity contribution in [1.82, 2.24) is 15.2 Å². The first kappa shape index (κ1) is 18.6. The van der Waals surface area contributed by atoms with E-state index >= 15 is 0 Å². The van der Waals surface area contributed by atoms with Gasteiger partial charge in [-0.25, -0.2) is 0 Å². The molecule has 28 heavy (non-hydrogen) atoms. The molecular formula is C21H20N4OS2. The third kappa shape index (κ3) is 4.05. The van der Waals surface area contributed by atoms with Crippen molar-refractivity contribution in [3.8, 4) is 0 Å². The molecule has 0 unspecified atom stereocenters. The van der Waals surface area contributed by atoms with Gasteiger partial charge in [-0.1, -0.05) is 30.3 Å². The minimum Gasteiger partial charge on any atom is -0.352 e. The third-order valence-corrected chi connectivity index (χ3v) is 5.97. The lowest BCUT2D eigenvalue weighted by Crippen LogP contribution is -2.32. The summed E-state index contributed by atoms with van der Waals surface area (Å²) in [6.07, 6.45) is 2.15. The van der Waals surface area contributed by atoms with Crippen LogP contribution in [0.4, 0.5) is 5.69 Å². The number of hydrogen-bond acceptors (Lipinski definition) is 4. The Morgan fingerprint density at radius 1 is 1.14 bits per heavy atom. The van der Waals surface area contributed by atoms with Crippen molar-refractivity contribution in [2.75, 3.05) is 11.9 Å². The highest BCUT2D eigenvalue weighted by Gasteiger charge is 2.40. The van der Waals surface area contributed by atoms with Crippen LogP contribution in [0.5, 0.6) is 0 Å². The molecule has 5 nitrogen and oxygen atoms in total. The van der Waals surface area contributed by atoms with Gasteiger partial charge in [-0.3, -0.25) is 9.78 Å². The second kappa shape index (κ2) is 8.50. The molecule has 3 aromatic rings. The van der Waals surface area contributed by atoms with Crippen LogP contribution in [0.25, 0.3) is 0 Å². The molecule has 1 aromatic carbocycles. The molecule has 2 N–H and O–H groups in total. The van der Waals surface area contributed by atoms with Gasteiger partial charge in [0.25, 0.3) is 0 Å². The fraction of sp³-hybridized carbons (Fsp3) is 0.190. The van der Waals surface area contributed by atoms with Gasteiger partial charge in [-0.2, -0.15) is 0 Å². The molecule has 0 saturated carbocycles. The highest BCUT2D eigenvalue weighted by molar-refractivity contribution is 7.80. The summed E-state index contributed by atoms with van der Waals surface area (Å²) in [5.74, 6) is -0.0276. The standard InChI is InChI=1S/C21H20N4OS2/c26-18(23-15-7-2-1-3-8-15)11-13-25-20(17-10-6-14-28-17)19(24-21(25)27)16-9-4-5-12-22-16/h1-10,12,14,19-20H,11,13H2,(H,23,26)(H,24,27)/t19-,20-/m1/s1. The van der Waals surface area contributed by atoms with Crippen LogP contribution in [-0.2, 0) is 4.79 Å². The SMILES string of the molecule is O=C(CCN1C(=S)N[C@H](c2ccccn2)[C@H]1c1cccs1)Nc1ccccc1. The van der Waals surface area contributed by atoms with Gasteiger partial charge in [0.2, 0.25) is 5.91 Å². The van der Waals surface area contributed by atoms with E-state index in [0.29, 0.717) is 18.1 Å². The number of amides is 1. The monoisotopic (exact) mass is 408 g/mol. The molecule has 0 aliphatic carbocycles. The average molecular weight is 409 g/mol. The Labute approximate surface area is 173 Å². The van der Waals surface area contributed by atoms with Crippen LogP contribution in [0.3, 0.4) is 0 Å². The van der Waals surface area contributed by atoms with Crippen LogP contribution >= 0.6 is 23.6 Å². The normalized spacial score (nSPS) is 18.7. The lowest BCUT2D eigenvalue weighted by Gasteiger charge is -2.26. The smallest absolute Gasteiger partial charge is 0.226 e. The Balaban J connectivity index is 1.50. The summed E-state index contributed by atoms with van der Waals surface area (Å²) in [6.45, 7) is 0.538. The number of nitrogens with one attached hydrogen (secondary N) is 2. The predicted molar refractivity (Wildman–Crippen MR) is 116 cm³/mol. The van der Waals surface area contributed by atoms with Crippen LogP contribution in [0, 0.1) is 0 Å². The molecule has 1 fully saturated rings. The lowest BCUT2D eigenvalue weighted by molar-refractivity contribution is -0.116. The van der Waals surface area contributed by atoms with Crippen molar-refractivity contribution in [3.63, 3.8) is 0 Å². The molecule has 0 bridgehead atoms. The Hall–Kier alpha value is -2.77. The van der Waals surface area contributed by atoms with E-state index in [4.69, 9.17) is 12.2 Å². The van der Waals surface area contributed by atoms with Gasteiger partial charge in [0.05, 0.1) is 17.8 Å². The van der Waals surface area contributed by atoms with Crippen molar-refractivity contribution in [2.24, 2.45) is 0 Å². The number of thiocarbonyl (C=S) groups is 1. The summed E-state index contributed by atoms with van der Waals surface area (Å²) in [4.78, 5) is 20.2. The summed E-state index contributed by atoms with van der Waals surface area (Å²) >= 11 is 7.30. The number of carbonyl (C=O) groups excluding carboxylic acids is 1. The van der Waals surface area contributed by atoms with E-state index in [0.717, 1.165) is 11.4 Å². The Bertz CT molecular complexity index is 932. The highest BCUT2D eigenvalue weighted by atomic mass is 32.1. The number of carbonyl (C=O) groups is 1. The Morgan fingerprint density at radius 3 is 2.68 bits per heavy atom. The lowest BCUT2D eigenvalue weighted by atomic mass is 10.0. The molecule has 2 aromatic heterocycles. The van der Waals surface area contributed by atoms with Gasteiger partial charge in [0.15, 0.2) is 5.11 Å². The number of aromatic nitrogens is 1. The largest absolute Gasteiger partial charge is 0.352 e. The van der Waals surface area contributed by atoms with Crippen molar-refractivity contribution in [2.45, 2.75) is 18.5 Å². The number of benzene rings is 1. The van der Waals surface area contributed by atoms with Crippen LogP contribution in [0.15, 0.2) is 72.2 Å². The first-order chi connectivity index (χ1) is 13.7. The second-order valence-electron chi connectivity index (χ2n) is 6.50. The zero-order valence-electron chi connectivity index (χ0n) is 15.1. The molecule has 142 valence electrons. The minimum absolute atomic E-state index is 0.0203. The second-order valence-corrected chi connectivity index (χ2v) is 7.87. The van der Waals surface area contributed by atoms with Crippen LogP contribution in [0.1, 0.15) is 29.1 Å². The molecule has 7 heteroatoms. The summed E-state index contributed by atoms with van der Waals surface area (Å²) < 4.78 is 0. The first-order valence-electron chi connectivity index (χ1n) is 9.09. The molecule has 0 radical (unpaired) electrons. The topological polar surface area (TPSA) is 57.3 Å². The van der Waals surface area contributed by atoms with E-state index in [1.807, 2.05) is 54.6 Å². The van der Waals surface area contributed by atoms with Crippen molar-refractivity contribution >= 4 is 40.3 Å². The average Bonchev–Trinajstić information content (AvgIpc) is 3.35. The van der Waals surface area contributed by atoms with E-state index in [-0.39, 0.29) is 18.0 Å². The van der Waals surface area contributed by atoms with E-state index in [1.54, 1.807) is 17.5 Å². The van der Waals surface area contributed by atoms with Crippen LogP contribution in [-0.4, -0.2) is 27.4 Å². The number of para-hydroxylation sites is 1. The zero-order valence-corrected chi connectivity index (χ0v) is 16.7. The van der Waals surface area contributed by atoms with E-state index in [2.05, 4.69) is 32.0 Å². The molecule has 1 saturated heterocycles. The fourth-order valence-corrected chi connectivity index (χ4v) is 4.59. The molecule has 1 amide bonds. The zero-order chi connectivity index (χ0) is 19.3. The number of rotatable bonds is 6. The molecule has 2 atom stereocenters. The highest BCUT2D eigenvalue weighted by Crippen LogP contribution is 2.40. The number of thiophene rings is 1. The van der Waals surface area contributed by atoms with Gasteiger partial charge in [-0.05, 0) is 47.9 Å². The summed E-state index contributed by atoms with van der Waals surface area (Å²) in [6, 6.07) is 19.5. The van der Waals surface area contributed by atoms with E-state index < -0.39 is 0 Å². The van der Waals surface area contributed by atoms with Crippen LogP contribution < -0.4 is 10.6 Å². The molecule has 1 aliphatic rings. The number of hydrogen-bond donors (Lipinski definition) is 2. The van der Waals surface area contributed by atoms with Gasteiger partial charge in [-0.15, -0.1) is 11.3 Å². The number of pyridine rings is 1. The quantitative estimate of drug-likeness (QED) is 0.600. The van der Waals surface area contributed by atoms with Gasteiger partial charge in [0.1, 0.15) is 0 Å². The number of anilines is 1. The predicted octanol–water partition coefficient (Wildman–Crippen LogP) is 4.14. The van der Waals surface area contributed by atoms with Gasteiger partial charge < -0.3 is 15.5 Å². The molecule has 1 aliphatic heterocycles. The molecular weight excluding hydrogens is 388 g/mol. The van der Waals surface area contributed by atoms with E-state index in [9.17, 15) is 4.79 Å². The molecule has 4 rings (SSSR count). The fourth-order valence-electron chi connectivity index (χ4n) is 3.38. The van der Waals surface area contributed by atoms with Gasteiger partial charge >= 0.3 is 0 Å². The van der Waals surface area contributed by atoms with Crippen molar-refractivity contribution in [1.29, 1.82) is 0 Å². The third-order valence-electron chi connectivity index (χ3n) is 4.67.